The monoisotopic (exact) mass is 370 g/mol. The molecule has 4 nitrogen and oxygen atoms in total. The van der Waals surface area contributed by atoms with Crippen LogP contribution in [0.15, 0.2) is 48.5 Å². The van der Waals surface area contributed by atoms with Crippen LogP contribution in [-0.2, 0) is 0 Å². The van der Waals surface area contributed by atoms with E-state index in [4.69, 9.17) is 0 Å². The van der Waals surface area contributed by atoms with Gasteiger partial charge in [-0.1, -0.05) is 30.3 Å². The summed E-state index contributed by atoms with van der Waals surface area (Å²) in [5.41, 5.74) is 2.24. The van der Waals surface area contributed by atoms with E-state index in [0.29, 0.717) is 24.6 Å². The molecular weight excluding hydrogens is 343 g/mol. The van der Waals surface area contributed by atoms with E-state index in [-0.39, 0.29) is 24.2 Å². The third-order valence-corrected chi connectivity index (χ3v) is 5.11. The summed E-state index contributed by atoms with van der Waals surface area (Å²) in [6.45, 7) is 2.23. The highest BCUT2D eigenvalue weighted by Gasteiger charge is 2.31. The molecule has 0 aliphatic carbocycles. The van der Waals surface area contributed by atoms with E-state index in [0.717, 1.165) is 24.1 Å². The molecule has 1 fully saturated rings. The summed E-state index contributed by atoms with van der Waals surface area (Å²) >= 11 is 0. The van der Waals surface area contributed by atoms with Gasteiger partial charge < -0.3 is 14.9 Å². The molecule has 1 aliphatic heterocycles. The Labute approximate surface area is 160 Å². The minimum atomic E-state index is -0.295. The van der Waals surface area contributed by atoms with Gasteiger partial charge in [0.05, 0.1) is 0 Å². The zero-order valence-electron chi connectivity index (χ0n) is 15.9. The Morgan fingerprint density at radius 1 is 1.11 bits per heavy atom. The van der Waals surface area contributed by atoms with Crippen molar-refractivity contribution in [2.45, 2.75) is 6.42 Å². The number of rotatable bonds is 5. The average molecular weight is 370 g/mol. The number of aliphatic hydroxyl groups excluding tert-OH is 1. The van der Waals surface area contributed by atoms with E-state index in [1.807, 2.05) is 43.3 Å². The molecule has 0 spiro atoms. The molecular formula is C22H27FN2O2. The number of halogens is 1. The highest BCUT2D eigenvalue weighted by Crippen LogP contribution is 2.28. The van der Waals surface area contributed by atoms with Gasteiger partial charge >= 0.3 is 0 Å². The third-order valence-electron chi connectivity index (χ3n) is 5.11. The van der Waals surface area contributed by atoms with Crippen molar-refractivity contribution in [3.8, 4) is 11.1 Å². The Kier molecular flexibility index (Phi) is 6.24. The maximum atomic E-state index is 13.3. The highest BCUT2D eigenvalue weighted by molar-refractivity contribution is 6.01. The lowest BCUT2D eigenvalue weighted by molar-refractivity contribution is 0.0478. The largest absolute Gasteiger partial charge is 0.396 e. The van der Waals surface area contributed by atoms with Crippen LogP contribution in [0.4, 0.5) is 4.39 Å². The first-order valence-corrected chi connectivity index (χ1v) is 9.37. The lowest BCUT2D eigenvalue weighted by Crippen LogP contribution is -2.47. The van der Waals surface area contributed by atoms with Gasteiger partial charge in [-0.15, -0.1) is 0 Å². The summed E-state index contributed by atoms with van der Waals surface area (Å²) < 4.78 is 13.3. The maximum Gasteiger partial charge on any atom is 0.254 e. The molecule has 1 N–H and O–H groups in total. The fraction of sp³-hybridized carbons (Fsp3) is 0.409. The van der Waals surface area contributed by atoms with Gasteiger partial charge in [-0.3, -0.25) is 4.79 Å². The predicted octanol–water partition coefficient (Wildman–Crippen LogP) is 3.12. The summed E-state index contributed by atoms with van der Waals surface area (Å²) in [4.78, 5) is 17.3. The Bertz CT molecular complexity index is 776. The molecule has 1 heterocycles. The Morgan fingerprint density at radius 3 is 2.44 bits per heavy atom. The van der Waals surface area contributed by atoms with Gasteiger partial charge in [0.25, 0.3) is 5.91 Å². The van der Waals surface area contributed by atoms with Crippen molar-refractivity contribution in [1.82, 2.24) is 9.80 Å². The standard InChI is InChI=1S/C22H27FN2O2/c1-24(2)12-16-11-17(15-26)14-25(13-16)22(27)21-6-4-3-5-20(21)18-7-9-19(23)10-8-18/h3-10,16-17,26H,11-15H2,1-2H3. The number of benzene rings is 2. The molecule has 144 valence electrons. The second kappa shape index (κ2) is 8.63. The van der Waals surface area contributed by atoms with Crippen molar-refractivity contribution in [3.63, 3.8) is 0 Å². The second-order valence-corrected chi connectivity index (χ2v) is 7.68. The molecule has 5 heteroatoms. The number of hydrogen-bond donors (Lipinski definition) is 1. The lowest BCUT2D eigenvalue weighted by Gasteiger charge is -2.38. The fourth-order valence-corrected chi connectivity index (χ4v) is 3.99. The van der Waals surface area contributed by atoms with Crippen LogP contribution in [0, 0.1) is 17.7 Å². The summed E-state index contributed by atoms with van der Waals surface area (Å²) in [6.07, 6.45) is 0.929. The normalized spacial score (nSPS) is 20.1. The van der Waals surface area contributed by atoms with Gasteiger partial charge in [-0.05, 0) is 61.7 Å². The Balaban J connectivity index is 1.87. The summed E-state index contributed by atoms with van der Waals surface area (Å²) in [5.74, 6) is 0.117. The second-order valence-electron chi connectivity index (χ2n) is 7.68. The smallest absolute Gasteiger partial charge is 0.254 e. The van der Waals surface area contributed by atoms with Crippen molar-refractivity contribution in [3.05, 3.63) is 59.9 Å². The first-order chi connectivity index (χ1) is 13.0. The van der Waals surface area contributed by atoms with Crippen LogP contribution in [0.3, 0.4) is 0 Å². The lowest BCUT2D eigenvalue weighted by atomic mass is 9.88. The molecule has 2 unspecified atom stereocenters. The van der Waals surface area contributed by atoms with Crippen LogP contribution in [0.5, 0.6) is 0 Å². The minimum Gasteiger partial charge on any atom is -0.396 e. The summed E-state index contributed by atoms with van der Waals surface area (Å²) in [6, 6.07) is 13.7. The topological polar surface area (TPSA) is 43.8 Å². The quantitative estimate of drug-likeness (QED) is 0.879. The van der Waals surface area contributed by atoms with Gasteiger partial charge in [-0.25, -0.2) is 4.39 Å². The Hall–Kier alpha value is -2.24. The highest BCUT2D eigenvalue weighted by atomic mass is 19.1. The van der Waals surface area contributed by atoms with Crippen molar-refractivity contribution >= 4 is 5.91 Å². The summed E-state index contributed by atoms with van der Waals surface area (Å²) in [7, 11) is 4.05. The zero-order valence-corrected chi connectivity index (χ0v) is 15.9. The van der Waals surface area contributed by atoms with E-state index in [2.05, 4.69) is 4.90 Å². The molecule has 2 aromatic carbocycles. The molecule has 2 atom stereocenters. The molecule has 27 heavy (non-hydrogen) atoms. The number of likely N-dealkylation sites (tertiary alicyclic amines) is 1. The van der Waals surface area contributed by atoms with Crippen LogP contribution in [-0.4, -0.2) is 61.2 Å². The molecule has 1 aliphatic rings. The van der Waals surface area contributed by atoms with Gasteiger partial charge in [0.1, 0.15) is 5.82 Å². The van der Waals surface area contributed by atoms with Crippen molar-refractivity contribution in [1.29, 1.82) is 0 Å². The molecule has 0 saturated carbocycles. The van der Waals surface area contributed by atoms with Gasteiger partial charge in [-0.2, -0.15) is 0 Å². The first kappa shape index (κ1) is 19.5. The molecule has 1 amide bonds. The Morgan fingerprint density at radius 2 is 1.78 bits per heavy atom. The van der Waals surface area contributed by atoms with Gasteiger partial charge in [0.2, 0.25) is 0 Å². The van der Waals surface area contributed by atoms with E-state index < -0.39 is 0 Å². The van der Waals surface area contributed by atoms with Crippen molar-refractivity contribution in [2.75, 3.05) is 40.3 Å². The van der Waals surface area contributed by atoms with E-state index >= 15 is 0 Å². The number of piperidine rings is 1. The predicted molar refractivity (Wildman–Crippen MR) is 105 cm³/mol. The number of nitrogens with zero attached hydrogens (tertiary/aromatic N) is 2. The molecule has 0 bridgehead atoms. The fourth-order valence-electron chi connectivity index (χ4n) is 3.99. The third kappa shape index (κ3) is 4.73. The first-order valence-electron chi connectivity index (χ1n) is 9.37. The van der Waals surface area contributed by atoms with Crippen LogP contribution < -0.4 is 0 Å². The number of carbonyl (C=O) groups is 1. The number of aliphatic hydroxyl groups is 1. The number of hydrogen-bond acceptors (Lipinski definition) is 3. The van der Waals surface area contributed by atoms with E-state index in [1.165, 1.54) is 12.1 Å². The van der Waals surface area contributed by atoms with E-state index in [9.17, 15) is 14.3 Å². The zero-order chi connectivity index (χ0) is 19.4. The van der Waals surface area contributed by atoms with Crippen LogP contribution in [0.2, 0.25) is 0 Å². The van der Waals surface area contributed by atoms with Gasteiger partial charge in [0, 0.05) is 31.8 Å². The SMILES string of the molecule is CN(C)CC1CC(CO)CN(C(=O)c2ccccc2-c2ccc(F)cc2)C1. The number of amides is 1. The van der Waals surface area contributed by atoms with Crippen LogP contribution in [0.1, 0.15) is 16.8 Å². The number of carbonyl (C=O) groups excluding carboxylic acids is 1. The molecule has 3 rings (SSSR count). The van der Waals surface area contributed by atoms with E-state index in [1.54, 1.807) is 12.1 Å². The molecule has 1 saturated heterocycles. The minimum absolute atomic E-state index is 0.0307. The summed E-state index contributed by atoms with van der Waals surface area (Å²) in [5, 5.41) is 9.68. The van der Waals surface area contributed by atoms with Crippen molar-refractivity contribution in [2.24, 2.45) is 11.8 Å². The van der Waals surface area contributed by atoms with Crippen LogP contribution >= 0.6 is 0 Å². The molecule has 0 aromatic heterocycles. The average Bonchev–Trinajstić information content (AvgIpc) is 2.67. The van der Waals surface area contributed by atoms with Crippen molar-refractivity contribution < 1.29 is 14.3 Å². The van der Waals surface area contributed by atoms with Gasteiger partial charge in [0.15, 0.2) is 0 Å². The molecule has 2 aromatic rings. The van der Waals surface area contributed by atoms with Crippen LogP contribution in [0.25, 0.3) is 11.1 Å². The molecule has 0 radical (unpaired) electrons. The maximum absolute atomic E-state index is 13.3.